The van der Waals surface area contributed by atoms with Crippen molar-refractivity contribution < 1.29 is 14.4 Å². The third kappa shape index (κ3) is 5.51. The molecule has 0 unspecified atom stereocenters. The van der Waals surface area contributed by atoms with Gasteiger partial charge in [0.25, 0.3) is 0 Å². The maximum Gasteiger partial charge on any atom is 0.239 e. The first-order chi connectivity index (χ1) is 14.1. The zero-order valence-electron chi connectivity index (χ0n) is 15.9. The van der Waals surface area contributed by atoms with Crippen LogP contribution in [0.15, 0.2) is 60.8 Å². The summed E-state index contributed by atoms with van der Waals surface area (Å²) >= 11 is 6.14. The Morgan fingerprint density at radius 3 is 2.62 bits per heavy atom. The first kappa shape index (κ1) is 20.7. The van der Waals surface area contributed by atoms with Crippen molar-refractivity contribution in [2.45, 2.75) is 13.5 Å². The smallest absolute Gasteiger partial charge is 0.239 e. The fourth-order valence-corrected chi connectivity index (χ4v) is 2.95. The van der Waals surface area contributed by atoms with Crippen LogP contribution in [-0.4, -0.2) is 35.5 Å². The molecule has 8 heteroatoms. The summed E-state index contributed by atoms with van der Waals surface area (Å²) in [6.45, 7) is 2.17. The summed E-state index contributed by atoms with van der Waals surface area (Å²) in [4.78, 5) is 33.1. The highest BCUT2D eigenvalue weighted by Gasteiger charge is 2.13. The average Bonchev–Trinajstić information content (AvgIpc) is 2.74. The summed E-state index contributed by atoms with van der Waals surface area (Å²) < 4.78 is 0. The van der Waals surface area contributed by atoms with Gasteiger partial charge in [0.15, 0.2) is 5.82 Å². The molecule has 1 aromatic heterocycles. The van der Waals surface area contributed by atoms with Gasteiger partial charge in [0.2, 0.25) is 12.3 Å². The number of hydroxylamine groups is 1. The third-order valence-corrected chi connectivity index (χ3v) is 4.65. The lowest BCUT2D eigenvalue weighted by atomic mass is 10.2. The van der Waals surface area contributed by atoms with E-state index in [1.54, 1.807) is 18.3 Å². The van der Waals surface area contributed by atoms with Gasteiger partial charge >= 0.3 is 0 Å². The number of anilines is 1. The Morgan fingerprint density at radius 1 is 1.17 bits per heavy atom. The molecule has 3 aromatic rings. The zero-order chi connectivity index (χ0) is 20.6. The van der Waals surface area contributed by atoms with E-state index >= 15 is 0 Å². The van der Waals surface area contributed by atoms with E-state index in [0.29, 0.717) is 23.8 Å². The number of benzene rings is 2. The third-order valence-electron chi connectivity index (χ3n) is 4.28. The number of carbonyl (C=O) groups excluding carboxylic acids is 2. The van der Waals surface area contributed by atoms with Gasteiger partial charge in [-0.1, -0.05) is 54.1 Å². The summed E-state index contributed by atoms with van der Waals surface area (Å²) in [5.41, 5.74) is 3.90. The first-order valence-corrected chi connectivity index (χ1v) is 9.43. The summed E-state index contributed by atoms with van der Waals surface area (Å²) in [5, 5.41) is 5.00. The number of fused-ring (bicyclic) bond motifs is 1. The van der Waals surface area contributed by atoms with Crippen LogP contribution in [0.25, 0.3) is 10.8 Å². The first-order valence-electron chi connectivity index (χ1n) is 9.05. The standard InChI is InChI=1S/C21H21ClN4O3/c1-16(28)25(24-14-19-8-4-5-9-20(19)22)10-11-29-26(15-27)21-12-17-6-2-3-7-18(17)13-23-21/h2-9,12-13,15,24H,10-11,14H2,1H3. The Labute approximate surface area is 173 Å². The molecule has 0 radical (unpaired) electrons. The molecule has 0 saturated carbocycles. The van der Waals surface area contributed by atoms with Crippen LogP contribution >= 0.6 is 11.6 Å². The van der Waals surface area contributed by atoms with Gasteiger partial charge in [0.1, 0.15) is 0 Å². The lowest BCUT2D eigenvalue weighted by Gasteiger charge is -2.23. The van der Waals surface area contributed by atoms with Crippen molar-refractivity contribution in [2.24, 2.45) is 0 Å². The second-order valence-corrected chi connectivity index (χ2v) is 6.66. The predicted molar refractivity (Wildman–Crippen MR) is 112 cm³/mol. The van der Waals surface area contributed by atoms with Crippen molar-refractivity contribution in [2.75, 3.05) is 18.2 Å². The van der Waals surface area contributed by atoms with Crippen molar-refractivity contribution >= 4 is 40.5 Å². The fourth-order valence-electron chi connectivity index (χ4n) is 2.74. The largest absolute Gasteiger partial charge is 0.276 e. The second kappa shape index (κ2) is 9.97. The monoisotopic (exact) mass is 412 g/mol. The number of halogens is 1. The number of rotatable bonds is 9. The van der Waals surface area contributed by atoms with E-state index in [-0.39, 0.29) is 19.1 Å². The molecule has 7 nitrogen and oxygen atoms in total. The molecular formula is C21H21ClN4O3. The molecular weight excluding hydrogens is 392 g/mol. The number of hydrogen-bond donors (Lipinski definition) is 1. The summed E-state index contributed by atoms with van der Waals surface area (Å²) in [6.07, 6.45) is 2.23. The number of hydrogen-bond acceptors (Lipinski definition) is 5. The zero-order valence-corrected chi connectivity index (χ0v) is 16.7. The molecule has 0 fully saturated rings. The molecule has 0 spiro atoms. The maximum absolute atomic E-state index is 11.9. The predicted octanol–water partition coefficient (Wildman–Crippen LogP) is 3.34. The Balaban J connectivity index is 1.58. The van der Waals surface area contributed by atoms with Crippen molar-refractivity contribution in [1.29, 1.82) is 0 Å². The molecule has 0 bridgehead atoms. The molecule has 0 aliphatic carbocycles. The maximum atomic E-state index is 11.9. The molecule has 29 heavy (non-hydrogen) atoms. The van der Waals surface area contributed by atoms with Crippen LogP contribution in [0.1, 0.15) is 12.5 Å². The number of nitrogens with zero attached hydrogens (tertiary/aromatic N) is 3. The van der Waals surface area contributed by atoms with Gasteiger partial charge in [-0.25, -0.2) is 10.4 Å². The number of carbonyl (C=O) groups is 2. The minimum Gasteiger partial charge on any atom is -0.276 e. The van der Waals surface area contributed by atoms with Crippen molar-refractivity contribution in [3.8, 4) is 0 Å². The molecule has 0 aliphatic heterocycles. The van der Waals surface area contributed by atoms with Crippen LogP contribution in [0, 0.1) is 0 Å². The number of pyridine rings is 1. The van der Waals surface area contributed by atoms with E-state index in [9.17, 15) is 9.59 Å². The van der Waals surface area contributed by atoms with E-state index < -0.39 is 0 Å². The molecule has 3 rings (SSSR count). The molecule has 1 heterocycles. The van der Waals surface area contributed by atoms with E-state index in [1.807, 2.05) is 42.5 Å². The van der Waals surface area contributed by atoms with Crippen LogP contribution in [-0.2, 0) is 21.0 Å². The van der Waals surface area contributed by atoms with E-state index in [1.165, 1.54) is 11.9 Å². The highest BCUT2D eigenvalue weighted by Crippen LogP contribution is 2.18. The van der Waals surface area contributed by atoms with Crippen LogP contribution in [0.4, 0.5) is 5.82 Å². The van der Waals surface area contributed by atoms with Crippen molar-refractivity contribution in [3.05, 3.63) is 71.4 Å². The number of amides is 2. The Hall–Kier alpha value is -3.00. The summed E-state index contributed by atoms with van der Waals surface area (Å²) in [6, 6.07) is 16.9. The van der Waals surface area contributed by atoms with Gasteiger partial charge in [0.05, 0.1) is 13.2 Å². The summed E-state index contributed by atoms with van der Waals surface area (Å²) in [5.74, 6) is 0.194. The number of aromatic nitrogens is 1. The van der Waals surface area contributed by atoms with Crippen LogP contribution < -0.4 is 10.5 Å². The topological polar surface area (TPSA) is 74.8 Å². The van der Waals surface area contributed by atoms with Crippen LogP contribution in [0.5, 0.6) is 0 Å². The van der Waals surface area contributed by atoms with Crippen LogP contribution in [0.2, 0.25) is 5.02 Å². The van der Waals surface area contributed by atoms with E-state index in [0.717, 1.165) is 21.4 Å². The lowest BCUT2D eigenvalue weighted by Crippen LogP contribution is -2.44. The Morgan fingerprint density at radius 2 is 1.90 bits per heavy atom. The average molecular weight is 413 g/mol. The van der Waals surface area contributed by atoms with Crippen molar-refractivity contribution in [3.63, 3.8) is 0 Å². The van der Waals surface area contributed by atoms with Gasteiger partial charge in [-0.15, -0.1) is 0 Å². The fraction of sp³-hybridized carbons (Fsp3) is 0.190. The molecule has 2 amide bonds. The minimum atomic E-state index is -0.179. The van der Waals surface area contributed by atoms with Gasteiger partial charge in [-0.2, -0.15) is 5.06 Å². The SMILES string of the molecule is CC(=O)N(CCON(C=O)c1cc2ccccc2cn1)NCc1ccccc1Cl. The van der Waals surface area contributed by atoms with Gasteiger partial charge in [-0.05, 0) is 23.1 Å². The van der Waals surface area contributed by atoms with Crippen LogP contribution in [0.3, 0.4) is 0 Å². The second-order valence-electron chi connectivity index (χ2n) is 6.25. The Kier molecular flexibility index (Phi) is 7.13. The van der Waals surface area contributed by atoms with Gasteiger partial charge in [0, 0.05) is 30.1 Å². The van der Waals surface area contributed by atoms with E-state index in [4.69, 9.17) is 16.4 Å². The normalized spacial score (nSPS) is 10.7. The highest BCUT2D eigenvalue weighted by atomic mass is 35.5. The summed E-state index contributed by atoms with van der Waals surface area (Å²) in [7, 11) is 0. The molecule has 0 saturated heterocycles. The quantitative estimate of drug-likeness (QED) is 0.431. The van der Waals surface area contributed by atoms with Crippen molar-refractivity contribution in [1.82, 2.24) is 15.4 Å². The van der Waals surface area contributed by atoms with Gasteiger partial charge < -0.3 is 0 Å². The lowest BCUT2D eigenvalue weighted by molar-refractivity contribution is -0.133. The highest BCUT2D eigenvalue weighted by molar-refractivity contribution is 6.31. The molecule has 1 N–H and O–H groups in total. The van der Waals surface area contributed by atoms with Gasteiger partial charge in [-0.3, -0.25) is 19.4 Å². The molecule has 2 aromatic carbocycles. The molecule has 0 aliphatic rings. The number of nitrogens with one attached hydrogen (secondary N) is 1. The minimum absolute atomic E-state index is 0.0996. The Bertz CT molecular complexity index is 998. The van der Waals surface area contributed by atoms with E-state index in [2.05, 4.69) is 10.4 Å². The molecule has 0 atom stereocenters. The number of hydrazine groups is 1. The molecule has 150 valence electrons.